The molecule has 0 aliphatic rings. The van der Waals surface area contributed by atoms with Crippen molar-refractivity contribution in [3.8, 4) is 0 Å². The number of hydrogen-bond acceptors (Lipinski definition) is 2. The van der Waals surface area contributed by atoms with E-state index in [1.54, 1.807) is 19.3 Å². The molecule has 2 N–H and O–H groups in total. The first kappa shape index (κ1) is 9.93. The van der Waals surface area contributed by atoms with Crippen molar-refractivity contribution < 1.29 is 5.11 Å². The first-order valence-corrected chi connectivity index (χ1v) is 4.90. The number of aliphatic hydroxyl groups is 1. The molecule has 0 saturated carbocycles. The molecule has 1 atom stereocenters. The summed E-state index contributed by atoms with van der Waals surface area (Å²) in [6, 6.07) is 7.79. The van der Waals surface area contributed by atoms with Crippen LogP contribution in [0.1, 0.15) is 23.9 Å². The van der Waals surface area contributed by atoms with Gasteiger partial charge in [-0.2, -0.15) is 0 Å². The maximum absolute atomic E-state index is 10.4. The predicted molar refractivity (Wildman–Crippen MR) is 58.4 cm³/mol. The zero-order valence-electron chi connectivity index (χ0n) is 8.86. The summed E-state index contributed by atoms with van der Waals surface area (Å²) in [4.78, 5) is 7.02. The standard InChI is InChI=1S/C12H14N2O/c1-9-4-3-5-10(8-9)12(2,15)11-13-6-7-14-11/h3-8,15H,1-2H3,(H,13,14)/t12-/m0/s1. The van der Waals surface area contributed by atoms with Crippen LogP contribution in [-0.2, 0) is 5.60 Å². The lowest BCUT2D eigenvalue weighted by Crippen LogP contribution is -2.24. The van der Waals surface area contributed by atoms with Gasteiger partial charge < -0.3 is 10.1 Å². The number of rotatable bonds is 2. The van der Waals surface area contributed by atoms with Gasteiger partial charge in [-0.05, 0) is 19.4 Å². The topological polar surface area (TPSA) is 48.9 Å². The van der Waals surface area contributed by atoms with Crippen LogP contribution in [-0.4, -0.2) is 15.1 Å². The van der Waals surface area contributed by atoms with Crippen LogP contribution < -0.4 is 0 Å². The van der Waals surface area contributed by atoms with Crippen molar-refractivity contribution in [3.63, 3.8) is 0 Å². The summed E-state index contributed by atoms with van der Waals surface area (Å²) >= 11 is 0. The SMILES string of the molecule is Cc1cccc([C@](C)(O)c2ncc[nH]2)c1. The van der Waals surface area contributed by atoms with E-state index in [1.807, 2.05) is 31.2 Å². The van der Waals surface area contributed by atoms with Crippen LogP contribution in [0.3, 0.4) is 0 Å². The van der Waals surface area contributed by atoms with Gasteiger partial charge >= 0.3 is 0 Å². The number of H-pyrrole nitrogens is 1. The van der Waals surface area contributed by atoms with E-state index in [0.29, 0.717) is 5.82 Å². The van der Waals surface area contributed by atoms with Gasteiger partial charge in [0.05, 0.1) is 0 Å². The molecular formula is C12H14N2O. The molecule has 0 aliphatic heterocycles. The summed E-state index contributed by atoms with van der Waals surface area (Å²) in [5.74, 6) is 0.563. The van der Waals surface area contributed by atoms with E-state index in [4.69, 9.17) is 0 Å². The molecule has 2 rings (SSSR count). The van der Waals surface area contributed by atoms with Crippen molar-refractivity contribution in [3.05, 3.63) is 53.6 Å². The molecule has 0 spiro atoms. The smallest absolute Gasteiger partial charge is 0.144 e. The lowest BCUT2D eigenvalue weighted by molar-refractivity contribution is 0.0931. The van der Waals surface area contributed by atoms with E-state index >= 15 is 0 Å². The Morgan fingerprint density at radius 1 is 1.40 bits per heavy atom. The lowest BCUT2D eigenvalue weighted by Gasteiger charge is -2.21. The van der Waals surface area contributed by atoms with E-state index in [-0.39, 0.29) is 0 Å². The number of nitrogens with one attached hydrogen (secondary N) is 1. The van der Waals surface area contributed by atoms with Gasteiger partial charge in [0.1, 0.15) is 11.4 Å². The van der Waals surface area contributed by atoms with Gasteiger partial charge in [-0.15, -0.1) is 0 Å². The van der Waals surface area contributed by atoms with Crippen LogP contribution in [0, 0.1) is 6.92 Å². The predicted octanol–water partition coefficient (Wildman–Crippen LogP) is 1.97. The second-order valence-electron chi connectivity index (χ2n) is 3.88. The Hall–Kier alpha value is -1.61. The van der Waals surface area contributed by atoms with Crippen LogP contribution in [0.2, 0.25) is 0 Å². The highest BCUT2D eigenvalue weighted by Crippen LogP contribution is 2.26. The van der Waals surface area contributed by atoms with E-state index in [2.05, 4.69) is 9.97 Å². The average molecular weight is 202 g/mol. The summed E-state index contributed by atoms with van der Waals surface area (Å²) in [6.45, 7) is 3.74. The van der Waals surface area contributed by atoms with Crippen molar-refractivity contribution in [2.24, 2.45) is 0 Å². The number of aromatic amines is 1. The van der Waals surface area contributed by atoms with Gasteiger partial charge in [-0.1, -0.05) is 29.8 Å². The van der Waals surface area contributed by atoms with Crippen molar-refractivity contribution in [1.82, 2.24) is 9.97 Å². The number of aromatic nitrogens is 2. The molecule has 0 radical (unpaired) electrons. The Morgan fingerprint density at radius 2 is 2.20 bits per heavy atom. The highest BCUT2D eigenvalue weighted by Gasteiger charge is 2.27. The Labute approximate surface area is 88.8 Å². The van der Waals surface area contributed by atoms with Crippen molar-refractivity contribution in [1.29, 1.82) is 0 Å². The van der Waals surface area contributed by atoms with Crippen LogP contribution >= 0.6 is 0 Å². The number of benzene rings is 1. The second-order valence-corrected chi connectivity index (χ2v) is 3.88. The molecule has 0 aliphatic carbocycles. The van der Waals surface area contributed by atoms with Gasteiger partial charge in [0.25, 0.3) is 0 Å². The van der Waals surface area contributed by atoms with Crippen LogP contribution in [0.5, 0.6) is 0 Å². The zero-order chi connectivity index (χ0) is 10.9. The quantitative estimate of drug-likeness (QED) is 0.782. The Bertz CT molecular complexity index is 446. The fourth-order valence-electron chi connectivity index (χ4n) is 1.62. The molecule has 1 heterocycles. The minimum atomic E-state index is -1.06. The number of hydrogen-bond donors (Lipinski definition) is 2. The summed E-state index contributed by atoms with van der Waals surface area (Å²) < 4.78 is 0. The molecule has 1 aromatic carbocycles. The molecule has 2 aromatic rings. The monoisotopic (exact) mass is 202 g/mol. The third-order valence-corrected chi connectivity index (χ3v) is 2.54. The van der Waals surface area contributed by atoms with Gasteiger partial charge in [0, 0.05) is 12.4 Å². The lowest BCUT2D eigenvalue weighted by atomic mass is 9.94. The number of nitrogens with zero attached hydrogens (tertiary/aromatic N) is 1. The van der Waals surface area contributed by atoms with Crippen LogP contribution in [0.15, 0.2) is 36.7 Å². The molecule has 1 aromatic heterocycles. The summed E-state index contributed by atoms with van der Waals surface area (Å²) in [5.41, 5.74) is 0.909. The molecule has 0 unspecified atom stereocenters. The summed E-state index contributed by atoms with van der Waals surface area (Å²) in [6.07, 6.45) is 3.35. The average Bonchev–Trinajstić information content (AvgIpc) is 2.71. The van der Waals surface area contributed by atoms with Crippen molar-refractivity contribution in [2.75, 3.05) is 0 Å². The molecule has 0 bridgehead atoms. The van der Waals surface area contributed by atoms with Crippen molar-refractivity contribution in [2.45, 2.75) is 19.4 Å². The van der Waals surface area contributed by atoms with Crippen LogP contribution in [0.4, 0.5) is 0 Å². The fraction of sp³-hybridized carbons (Fsp3) is 0.250. The Balaban J connectivity index is 2.46. The minimum Gasteiger partial charge on any atom is -0.377 e. The van der Waals surface area contributed by atoms with Gasteiger partial charge in [-0.25, -0.2) is 4.98 Å². The zero-order valence-corrected chi connectivity index (χ0v) is 8.86. The Morgan fingerprint density at radius 3 is 2.80 bits per heavy atom. The van der Waals surface area contributed by atoms with Crippen molar-refractivity contribution >= 4 is 0 Å². The molecule has 78 valence electrons. The maximum atomic E-state index is 10.4. The summed E-state index contributed by atoms with van der Waals surface area (Å²) in [7, 11) is 0. The van der Waals surface area contributed by atoms with Gasteiger partial charge in [-0.3, -0.25) is 0 Å². The first-order chi connectivity index (χ1) is 7.10. The second kappa shape index (κ2) is 3.51. The number of aryl methyl sites for hydroxylation is 1. The maximum Gasteiger partial charge on any atom is 0.144 e. The van der Waals surface area contributed by atoms with E-state index in [1.165, 1.54) is 0 Å². The number of imidazole rings is 1. The van der Waals surface area contributed by atoms with Gasteiger partial charge in [0.2, 0.25) is 0 Å². The molecular weight excluding hydrogens is 188 g/mol. The van der Waals surface area contributed by atoms with E-state index < -0.39 is 5.60 Å². The largest absolute Gasteiger partial charge is 0.377 e. The van der Waals surface area contributed by atoms with E-state index in [9.17, 15) is 5.11 Å². The van der Waals surface area contributed by atoms with E-state index in [0.717, 1.165) is 11.1 Å². The summed E-state index contributed by atoms with van der Waals surface area (Å²) in [5, 5.41) is 10.4. The Kier molecular flexibility index (Phi) is 2.32. The fourth-order valence-corrected chi connectivity index (χ4v) is 1.62. The molecule has 15 heavy (non-hydrogen) atoms. The third-order valence-electron chi connectivity index (χ3n) is 2.54. The van der Waals surface area contributed by atoms with Gasteiger partial charge in [0.15, 0.2) is 0 Å². The van der Waals surface area contributed by atoms with Crippen LogP contribution in [0.25, 0.3) is 0 Å². The highest BCUT2D eigenvalue weighted by atomic mass is 16.3. The highest BCUT2D eigenvalue weighted by molar-refractivity contribution is 5.31. The molecule has 3 nitrogen and oxygen atoms in total. The normalized spacial score (nSPS) is 14.9. The third kappa shape index (κ3) is 1.78. The first-order valence-electron chi connectivity index (χ1n) is 4.90. The minimum absolute atomic E-state index is 0.563. The molecule has 0 amide bonds. The molecule has 0 saturated heterocycles. The molecule has 3 heteroatoms. The molecule has 0 fully saturated rings.